The van der Waals surface area contributed by atoms with E-state index in [1.807, 2.05) is 0 Å². The van der Waals surface area contributed by atoms with Gasteiger partial charge in [-0.1, -0.05) is 0 Å². The van der Waals surface area contributed by atoms with E-state index in [0.29, 0.717) is 11.6 Å². The van der Waals surface area contributed by atoms with Gasteiger partial charge in [-0.25, -0.2) is 9.97 Å². The highest BCUT2D eigenvalue weighted by atomic mass is 15.2. The first kappa shape index (κ1) is 7.53. The van der Waals surface area contributed by atoms with Crippen LogP contribution in [0.2, 0.25) is 0 Å². The summed E-state index contributed by atoms with van der Waals surface area (Å²) in [4.78, 5) is 7.75. The van der Waals surface area contributed by atoms with Gasteiger partial charge in [0.25, 0.3) is 5.95 Å². The van der Waals surface area contributed by atoms with Crippen molar-refractivity contribution in [2.45, 2.75) is 0 Å². The number of H-pyrrole nitrogens is 1. The molecule has 0 aliphatic rings. The van der Waals surface area contributed by atoms with Crippen molar-refractivity contribution in [3.63, 3.8) is 0 Å². The monoisotopic (exact) mass is 174 g/mol. The minimum atomic E-state index is 0.337. The van der Waals surface area contributed by atoms with E-state index in [2.05, 4.69) is 30.4 Å². The van der Waals surface area contributed by atoms with Gasteiger partial charge in [0.05, 0.1) is 6.20 Å². The lowest BCUT2D eigenvalue weighted by atomic mass is 10.6. The Hall–Kier alpha value is -2.11. The van der Waals surface area contributed by atoms with Gasteiger partial charge in [-0.2, -0.15) is 5.10 Å². The summed E-state index contributed by atoms with van der Waals surface area (Å²) in [5, 5.41) is 14.0. The van der Waals surface area contributed by atoms with Crippen LogP contribution in [-0.2, 0) is 0 Å². The van der Waals surface area contributed by atoms with E-state index in [1.165, 1.54) is 0 Å². The number of hydrogen-bond acceptors (Lipinski definition) is 5. The summed E-state index contributed by atoms with van der Waals surface area (Å²) in [6.07, 6.45) is 6.41. The SMILES string of the molecule is c1cnc(N=Nc2cn[nH]c2)nc1. The molecule has 2 aromatic heterocycles. The summed E-state index contributed by atoms with van der Waals surface area (Å²) in [5.41, 5.74) is 0.646. The predicted molar refractivity (Wildman–Crippen MR) is 44.8 cm³/mol. The number of aromatic amines is 1. The van der Waals surface area contributed by atoms with Crippen LogP contribution >= 0.6 is 0 Å². The molecule has 0 aliphatic carbocycles. The lowest BCUT2D eigenvalue weighted by Gasteiger charge is -1.85. The lowest BCUT2D eigenvalue weighted by Crippen LogP contribution is -1.74. The van der Waals surface area contributed by atoms with Crippen LogP contribution in [0.1, 0.15) is 0 Å². The minimum absolute atomic E-state index is 0.337. The molecule has 64 valence electrons. The Kier molecular flexibility index (Phi) is 2.04. The second kappa shape index (κ2) is 3.53. The Labute approximate surface area is 73.8 Å². The molecule has 6 heteroatoms. The fourth-order valence-corrected chi connectivity index (χ4v) is 0.744. The Morgan fingerprint density at radius 3 is 2.69 bits per heavy atom. The molecular weight excluding hydrogens is 168 g/mol. The molecule has 0 unspecified atom stereocenters. The van der Waals surface area contributed by atoms with Crippen molar-refractivity contribution in [2.24, 2.45) is 10.2 Å². The molecule has 0 aliphatic heterocycles. The van der Waals surface area contributed by atoms with Crippen molar-refractivity contribution >= 4 is 11.6 Å². The largest absolute Gasteiger partial charge is 0.283 e. The van der Waals surface area contributed by atoms with E-state index >= 15 is 0 Å². The molecule has 0 aromatic carbocycles. The highest BCUT2D eigenvalue weighted by molar-refractivity contribution is 5.29. The van der Waals surface area contributed by atoms with Crippen molar-refractivity contribution < 1.29 is 0 Å². The zero-order valence-electron chi connectivity index (χ0n) is 6.62. The van der Waals surface area contributed by atoms with Crippen molar-refractivity contribution in [1.29, 1.82) is 0 Å². The lowest BCUT2D eigenvalue weighted by molar-refractivity contribution is 1.07. The van der Waals surface area contributed by atoms with Gasteiger partial charge in [0, 0.05) is 18.6 Å². The van der Waals surface area contributed by atoms with Gasteiger partial charge in [-0.15, -0.1) is 10.2 Å². The zero-order valence-corrected chi connectivity index (χ0v) is 6.62. The number of hydrogen-bond donors (Lipinski definition) is 1. The summed E-state index contributed by atoms with van der Waals surface area (Å²) < 4.78 is 0. The third-order valence-electron chi connectivity index (χ3n) is 1.29. The molecule has 0 saturated heterocycles. The molecule has 1 N–H and O–H groups in total. The Balaban J connectivity index is 2.15. The van der Waals surface area contributed by atoms with E-state index in [1.54, 1.807) is 30.9 Å². The Bertz CT molecular complexity index is 379. The number of nitrogens with one attached hydrogen (secondary N) is 1. The highest BCUT2D eigenvalue weighted by Gasteiger charge is 1.90. The topological polar surface area (TPSA) is 79.2 Å². The molecule has 0 radical (unpaired) electrons. The normalized spacial score (nSPS) is 10.8. The van der Waals surface area contributed by atoms with Gasteiger partial charge >= 0.3 is 0 Å². The third-order valence-corrected chi connectivity index (χ3v) is 1.29. The van der Waals surface area contributed by atoms with Crippen LogP contribution in [0.15, 0.2) is 41.1 Å². The summed E-state index contributed by atoms with van der Waals surface area (Å²) in [6, 6.07) is 1.72. The smallest absolute Gasteiger partial charge is 0.268 e. The van der Waals surface area contributed by atoms with Crippen LogP contribution in [0.25, 0.3) is 0 Å². The van der Waals surface area contributed by atoms with Crippen molar-refractivity contribution in [1.82, 2.24) is 20.2 Å². The average molecular weight is 174 g/mol. The Morgan fingerprint density at radius 1 is 1.15 bits per heavy atom. The fourth-order valence-electron chi connectivity index (χ4n) is 0.744. The van der Waals surface area contributed by atoms with Crippen molar-refractivity contribution in [3.8, 4) is 0 Å². The molecule has 2 aromatic rings. The van der Waals surface area contributed by atoms with Crippen LogP contribution in [0.5, 0.6) is 0 Å². The van der Waals surface area contributed by atoms with Crippen LogP contribution < -0.4 is 0 Å². The van der Waals surface area contributed by atoms with E-state index in [9.17, 15) is 0 Å². The molecule has 2 rings (SSSR count). The second-order valence-electron chi connectivity index (χ2n) is 2.21. The van der Waals surface area contributed by atoms with Crippen LogP contribution in [0.3, 0.4) is 0 Å². The van der Waals surface area contributed by atoms with Crippen LogP contribution in [0.4, 0.5) is 11.6 Å². The predicted octanol–water partition coefficient (Wildman–Crippen LogP) is 1.62. The maximum atomic E-state index is 3.88. The zero-order chi connectivity index (χ0) is 8.93. The molecule has 6 nitrogen and oxygen atoms in total. The molecule has 0 amide bonds. The van der Waals surface area contributed by atoms with Gasteiger partial charge in [0.15, 0.2) is 0 Å². The molecule has 0 atom stereocenters. The average Bonchev–Trinajstić information content (AvgIpc) is 2.69. The molecule has 0 spiro atoms. The maximum Gasteiger partial charge on any atom is 0.268 e. The van der Waals surface area contributed by atoms with Gasteiger partial charge in [-0.3, -0.25) is 5.10 Å². The van der Waals surface area contributed by atoms with E-state index in [-0.39, 0.29) is 0 Å². The molecule has 0 saturated carbocycles. The van der Waals surface area contributed by atoms with Gasteiger partial charge in [0.1, 0.15) is 5.69 Å². The van der Waals surface area contributed by atoms with Crippen molar-refractivity contribution in [2.75, 3.05) is 0 Å². The summed E-state index contributed by atoms with van der Waals surface area (Å²) in [6.45, 7) is 0. The fraction of sp³-hybridized carbons (Fsp3) is 0. The minimum Gasteiger partial charge on any atom is -0.283 e. The van der Waals surface area contributed by atoms with E-state index < -0.39 is 0 Å². The number of nitrogens with zero attached hydrogens (tertiary/aromatic N) is 5. The number of aromatic nitrogens is 4. The molecule has 0 bridgehead atoms. The maximum absolute atomic E-state index is 3.88. The summed E-state index contributed by atoms with van der Waals surface area (Å²) >= 11 is 0. The highest BCUT2D eigenvalue weighted by Crippen LogP contribution is 2.10. The van der Waals surface area contributed by atoms with Crippen molar-refractivity contribution in [3.05, 3.63) is 30.9 Å². The molecular formula is C7H6N6. The van der Waals surface area contributed by atoms with Gasteiger partial charge < -0.3 is 0 Å². The van der Waals surface area contributed by atoms with Gasteiger partial charge in [0.2, 0.25) is 0 Å². The molecule has 2 heterocycles. The quantitative estimate of drug-likeness (QED) is 0.702. The number of azo groups is 1. The molecule has 13 heavy (non-hydrogen) atoms. The Morgan fingerprint density at radius 2 is 2.00 bits per heavy atom. The van der Waals surface area contributed by atoms with Crippen LogP contribution in [0, 0.1) is 0 Å². The summed E-state index contributed by atoms with van der Waals surface area (Å²) in [5.74, 6) is 0.337. The third kappa shape index (κ3) is 1.92. The first-order valence-electron chi connectivity index (χ1n) is 3.63. The first-order valence-corrected chi connectivity index (χ1v) is 3.63. The van der Waals surface area contributed by atoms with E-state index in [4.69, 9.17) is 0 Å². The van der Waals surface area contributed by atoms with E-state index in [0.717, 1.165) is 0 Å². The van der Waals surface area contributed by atoms with Crippen LogP contribution in [-0.4, -0.2) is 20.2 Å². The number of rotatable bonds is 2. The molecule has 0 fully saturated rings. The second-order valence-corrected chi connectivity index (χ2v) is 2.21. The van der Waals surface area contributed by atoms with Gasteiger partial charge in [-0.05, 0) is 6.07 Å². The standard InChI is InChI=1S/C7H6N6/c1-2-8-7(9-3-1)13-12-6-4-10-11-5-6/h1-5H,(H,10,11). The first-order chi connectivity index (χ1) is 6.45. The summed E-state index contributed by atoms with van der Waals surface area (Å²) in [7, 11) is 0.